The van der Waals surface area contributed by atoms with E-state index < -0.39 is 5.92 Å². The van der Waals surface area contributed by atoms with Crippen molar-refractivity contribution in [3.63, 3.8) is 0 Å². The van der Waals surface area contributed by atoms with Crippen molar-refractivity contribution in [3.05, 3.63) is 18.1 Å². The summed E-state index contributed by atoms with van der Waals surface area (Å²) in [4.78, 5) is 7.82. The van der Waals surface area contributed by atoms with Crippen LogP contribution in [-0.4, -0.2) is 28.3 Å². The Balaban J connectivity index is 2.78. The molecule has 0 aliphatic rings. The summed E-state index contributed by atoms with van der Waals surface area (Å²) in [5.41, 5.74) is 0.487. The number of aromatic nitrogens is 2. The average molecular weight is 207 g/mol. The van der Waals surface area contributed by atoms with E-state index >= 15 is 0 Å². The van der Waals surface area contributed by atoms with E-state index in [0.717, 1.165) is 6.42 Å². The highest BCUT2D eigenvalue weighted by Crippen LogP contribution is 2.15. The molecular weight excluding hydrogens is 194 g/mol. The highest BCUT2D eigenvalue weighted by molar-refractivity contribution is 5.21. The van der Waals surface area contributed by atoms with Crippen LogP contribution in [0.1, 0.15) is 25.0 Å². The minimum Gasteiger partial charge on any atom is -0.478 e. The zero-order valence-electron chi connectivity index (χ0n) is 8.55. The van der Waals surface area contributed by atoms with Crippen LogP contribution in [0.2, 0.25) is 0 Å². The molecule has 0 fully saturated rings. The summed E-state index contributed by atoms with van der Waals surface area (Å²) in [6.07, 6.45) is 2.22. The van der Waals surface area contributed by atoms with Crippen molar-refractivity contribution in [1.82, 2.24) is 9.97 Å². The van der Waals surface area contributed by atoms with E-state index in [1.165, 1.54) is 6.33 Å². The van der Waals surface area contributed by atoms with Gasteiger partial charge < -0.3 is 9.84 Å². The summed E-state index contributed by atoms with van der Waals surface area (Å²) in [5, 5.41) is 17.7. The number of rotatable bonds is 5. The van der Waals surface area contributed by atoms with Crippen molar-refractivity contribution in [3.8, 4) is 11.9 Å². The number of nitrogens with zero attached hydrogens (tertiary/aromatic N) is 3. The Hall–Kier alpha value is -1.67. The number of hydrogen-bond donors (Lipinski definition) is 1. The quantitative estimate of drug-likeness (QED) is 0.774. The van der Waals surface area contributed by atoms with Gasteiger partial charge in [-0.1, -0.05) is 6.92 Å². The molecule has 0 aliphatic heterocycles. The molecule has 1 atom stereocenters. The molecule has 0 saturated carbocycles. The van der Waals surface area contributed by atoms with Gasteiger partial charge in [0.2, 0.25) is 5.88 Å². The lowest BCUT2D eigenvalue weighted by molar-refractivity contribution is 0.281. The molecule has 0 amide bonds. The topological polar surface area (TPSA) is 79.0 Å². The summed E-state index contributed by atoms with van der Waals surface area (Å²) < 4.78 is 5.29. The first-order chi connectivity index (χ1) is 7.31. The van der Waals surface area contributed by atoms with Crippen molar-refractivity contribution < 1.29 is 9.84 Å². The van der Waals surface area contributed by atoms with Crippen LogP contribution >= 0.6 is 0 Å². The molecule has 1 unspecified atom stereocenters. The minimum atomic E-state index is -0.614. The second-order valence-corrected chi connectivity index (χ2v) is 2.99. The molecule has 1 heterocycles. The monoisotopic (exact) mass is 207 g/mol. The number of nitriles is 1. The Morgan fingerprint density at radius 2 is 2.40 bits per heavy atom. The van der Waals surface area contributed by atoms with Crippen molar-refractivity contribution in [1.29, 1.82) is 5.26 Å². The third kappa shape index (κ3) is 3.18. The Bertz CT molecular complexity index is 349. The fourth-order valence-corrected chi connectivity index (χ4v) is 1.03. The molecule has 1 rings (SSSR count). The predicted octanol–water partition coefficient (Wildman–Crippen LogP) is 0.865. The first-order valence-electron chi connectivity index (χ1n) is 4.77. The van der Waals surface area contributed by atoms with E-state index in [9.17, 15) is 0 Å². The van der Waals surface area contributed by atoms with Crippen LogP contribution in [0, 0.1) is 11.3 Å². The molecule has 0 spiro atoms. The minimum absolute atomic E-state index is 0.249. The summed E-state index contributed by atoms with van der Waals surface area (Å²) in [6.45, 7) is 2.32. The van der Waals surface area contributed by atoms with Crippen LogP contribution < -0.4 is 4.74 Å². The van der Waals surface area contributed by atoms with Gasteiger partial charge >= 0.3 is 0 Å². The Labute approximate surface area is 88.4 Å². The van der Waals surface area contributed by atoms with Gasteiger partial charge in [-0.05, 0) is 6.42 Å². The van der Waals surface area contributed by atoms with Crippen LogP contribution in [0.25, 0.3) is 0 Å². The maximum Gasteiger partial charge on any atom is 0.216 e. The standard InChI is InChI=1S/C10H13N3O2/c1-2-3-15-10-4-9(12-7-13-10)8(5-11)6-14/h4,7-8,14H,2-3,6H2,1H3. The van der Waals surface area contributed by atoms with Gasteiger partial charge in [0.25, 0.3) is 0 Å². The van der Waals surface area contributed by atoms with Crippen molar-refractivity contribution in [2.75, 3.05) is 13.2 Å². The molecular formula is C10H13N3O2. The first-order valence-corrected chi connectivity index (χ1v) is 4.77. The summed E-state index contributed by atoms with van der Waals surface area (Å²) in [5.74, 6) is -0.174. The average Bonchev–Trinajstić information content (AvgIpc) is 2.29. The van der Waals surface area contributed by atoms with Crippen molar-refractivity contribution in [2.24, 2.45) is 0 Å². The van der Waals surface area contributed by atoms with E-state index in [-0.39, 0.29) is 6.61 Å². The Morgan fingerprint density at radius 3 is 3.00 bits per heavy atom. The molecule has 0 bridgehead atoms. The third-order valence-corrected chi connectivity index (χ3v) is 1.81. The predicted molar refractivity (Wildman–Crippen MR) is 53.3 cm³/mol. The first kappa shape index (κ1) is 11.4. The van der Waals surface area contributed by atoms with Crippen LogP contribution in [0.4, 0.5) is 0 Å². The number of aliphatic hydroxyl groups excluding tert-OH is 1. The second-order valence-electron chi connectivity index (χ2n) is 2.99. The van der Waals surface area contributed by atoms with Gasteiger partial charge in [-0.15, -0.1) is 0 Å². The highest BCUT2D eigenvalue weighted by Gasteiger charge is 2.11. The lowest BCUT2D eigenvalue weighted by atomic mass is 10.1. The van der Waals surface area contributed by atoms with Crippen LogP contribution in [0.5, 0.6) is 5.88 Å². The van der Waals surface area contributed by atoms with Gasteiger partial charge in [0.1, 0.15) is 12.2 Å². The van der Waals surface area contributed by atoms with E-state index in [1.54, 1.807) is 6.07 Å². The van der Waals surface area contributed by atoms with E-state index in [4.69, 9.17) is 15.1 Å². The maximum atomic E-state index is 8.92. The largest absolute Gasteiger partial charge is 0.478 e. The summed E-state index contributed by atoms with van der Waals surface area (Å²) >= 11 is 0. The lowest BCUT2D eigenvalue weighted by Crippen LogP contribution is -2.05. The van der Waals surface area contributed by atoms with Crippen molar-refractivity contribution in [2.45, 2.75) is 19.3 Å². The van der Waals surface area contributed by atoms with E-state index in [2.05, 4.69) is 9.97 Å². The number of aliphatic hydroxyl groups is 1. The molecule has 1 aromatic heterocycles. The van der Waals surface area contributed by atoms with Gasteiger partial charge in [0.15, 0.2) is 0 Å². The zero-order chi connectivity index (χ0) is 11.1. The van der Waals surface area contributed by atoms with Gasteiger partial charge in [0, 0.05) is 6.07 Å². The van der Waals surface area contributed by atoms with Crippen molar-refractivity contribution >= 4 is 0 Å². The normalized spacial score (nSPS) is 11.8. The molecule has 1 N–H and O–H groups in total. The van der Waals surface area contributed by atoms with E-state index in [1.807, 2.05) is 13.0 Å². The fraction of sp³-hybridized carbons (Fsp3) is 0.500. The SMILES string of the molecule is CCCOc1cc(C(C#N)CO)ncn1. The molecule has 5 heteroatoms. The number of ether oxygens (including phenoxy) is 1. The number of hydrogen-bond acceptors (Lipinski definition) is 5. The molecule has 0 aromatic carbocycles. The maximum absolute atomic E-state index is 8.92. The molecule has 1 aromatic rings. The summed E-state index contributed by atoms with van der Waals surface area (Å²) in [6, 6.07) is 3.54. The molecule has 0 aliphatic carbocycles. The molecule has 5 nitrogen and oxygen atoms in total. The Kier molecular flexibility index (Phi) is 4.51. The molecule has 0 saturated heterocycles. The van der Waals surface area contributed by atoms with E-state index in [0.29, 0.717) is 18.2 Å². The van der Waals surface area contributed by atoms with Gasteiger partial charge in [-0.2, -0.15) is 5.26 Å². The van der Waals surface area contributed by atoms with Crippen LogP contribution in [0.15, 0.2) is 12.4 Å². The smallest absolute Gasteiger partial charge is 0.216 e. The third-order valence-electron chi connectivity index (χ3n) is 1.81. The molecule has 15 heavy (non-hydrogen) atoms. The van der Waals surface area contributed by atoms with Crippen LogP contribution in [-0.2, 0) is 0 Å². The highest BCUT2D eigenvalue weighted by atomic mass is 16.5. The molecule has 80 valence electrons. The van der Waals surface area contributed by atoms with Gasteiger partial charge in [0.05, 0.1) is 25.0 Å². The Morgan fingerprint density at radius 1 is 1.60 bits per heavy atom. The molecule has 0 radical (unpaired) electrons. The van der Waals surface area contributed by atoms with Gasteiger partial charge in [-0.3, -0.25) is 0 Å². The zero-order valence-corrected chi connectivity index (χ0v) is 8.55. The van der Waals surface area contributed by atoms with Gasteiger partial charge in [-0.25, -0.2) is 9.97 Å². The fourth-order valence-electron chi connectivity index (χ4n) is 1.03. The summed E-state index contributed by atoms with van der Waals surface area (Å²) in [7, 11) is 0. The second kappa shape index (κ2) is 5.94. The lowest BCUT2D eigenvalue weighted by Gasteiger charge is -2.07. The van der Waals surface area contributed by atoms with Crippen LogP contribution in [0.3, 0.4) is 0 Å².